The molecule has 0 bridgehead atoms. The minimum Gasteiger partial charge on any atom is -0.392 e. The second kappa shape index (κ2) is 11.3. The lowest BCUT2D eigenvalue weighted by Crippen LogP contribution is -2.29. The van der Waals surface area contributed by atoms with Crippen LogP contribution in [0.3, 0.4) is 0 Å². The lowest BCUT2D eigenvalue weighted by Gasteiger charge is -2.10. The summed E-state index contributed by atoms with van der Waals surface area (Å²) in [4.78, 5) is 0. The van der Waals surface area contributed by atoms with Gasteiger partial charge in [0.1, 0.15) is 0 Å². The van der Waals surface area contributed by atoms with Gasteiger partial charge in [0.15, 0.2) is 0 Å². The first-order chi connectivity index (χ1) is 7.70. The van der Waals surface area contributed by atoms with Crippen molar-refractivity contribution >= 4 is 0 Å². The molecule has 4 heteroatoms. The van der Waals surface area contributed by atoms with E-state index in [0.29, 0.717) is 13.1 Å². The van der Waals surface area contributed by atoms with E-state index < -0.39 is 0 Å². The van der Waals surface area contributed by atoms with E-state index in [-0.39, 0.29) is 12.2 Å². The zero-order valence-corrected chi connectivity index (χ0v) is 10.7. The maximum atomic E-state index is 9.28. The average molecular weight is 232 g/mol. The van der Waals surface area contributed by atoms with Gasteiger partial charge >= 0.3 is 0 Å². The summed E-state index contributed by atoms with van der Waals surface area (Å²) < 4.78 is 0. The van der Waals surface area contributed by atoms with Crippen LogP contribution in [0.1, 0.15) is 39.5 Å². The molecule has 0 fully saturated rings. The van der Waals surface area contributed by atoms with Gasteiger partial charge in [0.05, 0.1) is 12.2 Å². The molecule has 4 N–H and O–H groups in total. The van der Waals surface area contributed by atoms with E-state index in [4.69, 9.17) is 0 Å². The summed E-state index contributed by atoms with van der Waals surface area (Å²) in [6, 6.07) is 0. The average Bonchev–Trinajstić information content (AvgIpc) is 2.31. The lowest BCUT2D eigenvalue weighted by atomic mass is 10.2. The third kappa shape index (κ3) is 10.4. The van der Waals surface area contributed by atoms with E-state index >= 15 is 0 Å². The normalized spacial score (nSPS) is 15.0. The van der Waals surface area contributed by atoms with Gasteiger partial charge in [-0.25, -0.2) is 0 Å². The Bertz CT molecular complexity index is 129. The molecule has 0 amide bonds. The van der Waals surface area contributed by atoms with Crippen LogP contribution < -0.4 is 10.6 Å². The Morgan fingerprint density at radius 1 is 0.812 bits per heavy atom. The molecule has 0 rings (SSSR count). The second-order valence-corrected chi connectivity index (χ2v) is 4.24. The Labute approximate surface area is 99.4 Å². The van der Waals surface area contributed by atoms with Crippen LogP contribution in [0.2, 0.25) is 0 Å². The molecular weight excluding hydrogens is 204 g/mol. The molecule has 0 saturated carbocycles. The van der Waals surface area contributed by atoms with Crippen molar-refractivity contribution in [3.05, 3.63) is 0 Å². The van der Waals surface area contributed by atoms with Gasteiger partial charge in [-0.05, 0) is 38.8 Å². The summed E-state index contributed by atoms with van der Waals surface area (Å²) in [6.45, 7) is 7.26. The van der Waals surface area contributed by atoms with Crippen molar-refractivity contribution in [3.8, 4) is 0 Å². The summed E-state index contributed by atoms with van der Waals surface area (Å²) in [7, 11) is 0. The van der Waals surface area contributed by atoms with E-state index in [0.717, 1.165) is 38.8 Å². The molecule has 0 spiro atoms. The standard InChI is InChI=1S/C12H28N2O2/c1-3-11(15)9-13-7-5-6-8-14-10-12(16)4-2/h11-16H,3-10H2,1-2H3. The predicted molar refractivity (Wildman–Crippen MR) is 67.6 cm³/mol. The molecule has 0 aliphatic carbocycles. The molecule has 0 aliphatic heterocycles. The van der Waals surface area contributed by atoms with Crippen molar-refractivity contribution in [2.75, 3.05) is 26.2 Å². The molecule has 0 aromatic carbocycles. The molecule has 2 atom stereocenters. The Hall–Kier alpha value is -0.160. The van der Waals surface area contributed by atoms with E-state index in [1.165, 1.54) is 0 Å². The Kier molecular flexibility index (Phi) is 11.2. The molecule has 0 saturated heterocycles. The maximum Gasteiger partial charge on any atom is 0.0662 e. The third-order valence-corrected chi connectivity index (χ3v) is 2.66. The summed E-state index contributed by atoms with van der Waals surface area (Å²) >= 11 is 0. The fourth-order valence-corrected chi connectivity index (χ4v) is 1.33. The van der Waals surface area contributed by atoms with Crippen LogP contribution in [0.5, 0.6) is 0 Å². The zero-order valence-electron chi connectivity index (χ0n) is 10.7. The minimum atomic E-state index is -0.210. The van der Waals surface area contributed by atoms with Gasteiger partial charge in [-0.15, -0.1) is 0 Å². The predicted octanol–water partition coefficient (Wildman–Crippen LogP) is 0.488. The van der Waals surface area contributed by atoms with Gasteiger partial charge < -0.3 is 20.8 Å². The van der Waals surface area contributed by atoms with Gasteiger partial charge in [-0.3, -0.25) is 0 Å². The highest BCUT2D eigenvalue weighted by Crippen LogP contribution is 1.90. The number of unbranched alkanes of at least 4 members (excludes halogenated alkanes) is 1. The molecular formula is C12H28N2O2. The molecule has 98 valence electrons. The third-order valence-electron chi connectivity index (χ3n) is 2.66. The van der Waals surface area contributed by atoms with E-state index in [2.05, 4.69) is 10.6 Å². The number of hydrogen-bond donors (Lipinski definition) is 4. The number of aliphatic hydroxyl groups excluding tert-OH is 2. The lowest BCUT2D eigenvalue weighted by molar-refractivity contribution is 0.165. The molecule has 0 radical (unpaired) electrons. The summed E-state index contributed by atoms with van der Waals surface area (Å²) in [5, 5.41) is 25.0. The summed E-state index contributed by atoms with van der Waals surface area (Å²) in [5.74, 6) is 0. The highest BCUT2D eigenvalue weighted by atomic mass is 16.3. The molecule has 4 nitrogen and oxygen atoms in total. The van der Waals surface area contributed by atoms with Crippen LogP contribution in [-0.2, 0) is 0 Å². The van der Waals surface area contributed by atoms with E-state index in [1.54, 1.807) is 0 Å². The van der Waals surface area contributed by atoms with Gasteiger partial charge in [-0.2, -0.15) is 0 Å². The summed E-state index contributed by atoms with van der Waals surface area (Å²) in [6.07, 6.45) is 3.40. The van der Waals surface area contributed by atoms with Crippen molar-refractivity contribution < 1.29 is 10.2 Å². The largest absolute Gasteiger partial charge is 0.392 e. The van der Waals surface area contributed by atoms with Crippen molar-refractivity contribution in [3.63, 3.8) is 0 Å². The van der Waals surface area contributed by atoms with Crippen LogP contribution >= 0.6 is 0 Å². The van der Waals surface area contributed by atoms with E-state index in [1.807, 2.05) is 13.8 Å². The van der Waals surface area contributed by atoms with Gasteiger partial charge in [0, 0.05) is 13.1 Å². The molecule has 0 aliphatic rings. The number of hydrogen-bond acceptors (Lipinski definition) is 4. The highest BCUT2D eigenvalue weighted by Gasteiger charge is 1.99. The Morgan fingerprint density at radius 2 is 1.19 bits per heavy atom. The van der Waals surface area contributed by atoms with Crippen LogP contribution in [0.4, 0.5) is 0 Å². The molecule has 16 heavy (non-hydrogen) atoms. The fraction of sp³-hybridized carbons (Fsp3) is 1.00. The Morgan fingerprint density at radius 3 is 1.50 bits per heavy atom. The molecule has 0 aromatic heterocycles. The van der Waals surface area contributed by atoms with Crippen molar-refractivity contribution in [2.24, 2.45) is 0 Å². The SMILES string of the molecule is CCC(O)CNCCCCNCC(O)CC. The Balaban J connectivity index is 3.04. The van der Waals surface area contributed by atoms with Crippen LogP contribution in [-0.4, -0.2) is 48.6 Å². The molecule has 2 unspecified atom stereocenters. The van der Waals surface area contributed by atoms with Gasteiger partial charge in [-0.1, -0.05) is 13.8 Å². The molecule has 0 heterocycles. The second-order valence-electron chi connectivity index (χ2n) is 4.24. The molecule has 0 aromatic rings. The van der Waals surface area contributed by atoms with Crippen LogP contribution in [0.15, 0.2) is 0 Å². The number of nitrogens with one attached hydrogen (secondary N) is 2. The number of aliphatic hydroxyl groups is 2. The van der Waals surface area contributed by atoms with Crippen molar-refractivity contribution in [1.29, 1.82) is 0 Å². The topological polar surface area (TPSA) is 64.5 Å². The fourth-order valence-electron chi connectivity index (χ4n) is 1.33. The number of rotatable bonds is 11. The first-order valence-electron chi connectivity index (χ1n) is 6.48. The van der Waals surface area contributed by atoms with Crippen LogP contribution in [0.25, 0.3) is 0 Å². The smallest absolute Gasteiger partial charge is 0.0662 e. The minimum absolute atomic E-state index is 0.210. The van der Waals surface area contributed by atoms with Crippen LogP contribution in [0, 0.1) is 0 Å². The monoisotopic (exact) mass is 232 g/mol. The van der Waals surface area contributed by atoms with E-state index in [9.17, 15) is 10.2 Å². The first-order valence-corrected chi connectivity index (χ1v) is 6.48. The first kappa shape index (κ1) is 15.8. The van der Waals surface area contributed by atoms with Crippen molar-refractivity contribution in [1.82, 2.24) is 10.6 Å². The van der Waals surface area contributed by atoms with Gasteiger partial charge in [0.25, 0.3) is 0 Å². The van der Waals surface area contributed by atoms with Crippen molar-refractivity contribution in [2.45, 2.75) is 51.7 Å². The quantitative estimate of drug-likeness (QED) is 0.391. The highest BCUT2D eigenvalue weighted by molar-refractivity contribution is 4.59. The zero-order chi connectivity index (χ0) is 12.2. The summed E-state index contributed by atoms with van der Waals surface area (Å²) in [5.41, 5.74) is 0. The van der Waals surface area contributed by atoms with Gasteiger partial charge in [0.2, 0.25) is 0 Å². The maximum absolute atomic E-state index is 9.28.